The third-order valence-electron chi connectivity index (χ3n) is 2.01. The summed E-state index contributed by atoms with van der Waals surface area (Å²) in [4.78, 5) is 0. The topological polar surface area (TPSA) is 24.1 Å². The molecule has 0 unspecified atom stereocenters. The van der Waals surface area contributed by atoms with E-state index >= 15 is 0 Å². The third-order valence-corrected chi connectivity index (χ3v) is 2.23. The van der Waals surface area contributed by atoms with E-state index in [1.807, 2.05) is 12.1 Å². The third kappa shape index (κ3) is 4.30. The average Bonchev–Trinajstić information content (AvgIpc) is 2.16. The maximum atomic E-state index is 5.17. The monoisotopic (exact) mass is 222 g/mol. The molecule has 2 nitrogen and oxygen atoms in total. The molecule has 0 radical (unpaired) electrons. The van der Waals surface area contributed by atoms with Crippen molar-refractivity contribution in [1.82, 2.24) is 5.32 Å². The SMILES string of the molecule is CCc1cccc(NC(=S)NC(C)C)c1. The molecule has 1 rings (SSSR count). The van der Waals surface area contributed by atoms with Crippen LogP contribution in [0.4, 0.5) is 5.69 Å². The Morgan fingerprint density at radius 1 is 1.40 bits per heavy atom. The van der Waals surface area contributed by atoms with E-state index in [-0.39, 0.29) is 0 Å². The molecule has 0 bridgehead atoms. The summed E-state index contributed by atoms with van der Waals surface area (Å²) in [6.45, 7) is 6.27. The van der Waals surface area contributed by atoms with Gasteiger partial charge in [0.1, 0.15) is 0 Å². The molecule has 0 atom stereocenters. The van der Waals surface area contributed by atoms with Gasteiger partial charge in [-0.1, -0.05) is 19.1 Å². The minimum absolute atomic E-state index is 0.361. The lowest BCUT2D eigenvalue weighted by Crippen LogP contribution is -2.33. The van der Waals surface area contributed by atoms with Crippen LogP contribution >= 0.6 is 12.2 Å². The van der Waals surface area contributed by atoms with E-state index in [4.69, 9.17) is 12.2 Å². The van der Waals surface area contributed by atoms with E-state index in [2.05, 4.69) is 43.5 Å². The Balaban J connectivity index is 2.60. The first-order valence-corrected chi connectivity index (χ1v) is 5.69. The fourth-order valence-electron chi connectivity index (χ4n) is 1.30. The first-order chi connectivity index (χ1) is 7.11. The molecule has 3 heteroatoms. The first-order valence-electron chi connectivity index (χ1n) is 5.28. The molecule has 0 saturated heterocycles. The minimum atomic E-state index is 0.361. The molecule has 0 fully saturated rings. The molecule has 2 N–H and O–H groups in total. The van der Waals surface area contributed by atoms with Gasteiger partial charge in [0.25, 0.3) is 0 Å². The molecule has 0 spiro atoms. The Kier molecular flexibility index (Phi) is 4.56. The van der Waals surface area contributed by atoms with Crippen molar-refractivity contribution in [3.05, 3.63) is 29.8 Å². The molecule has 0 aliphatic carbocycles. The van der Waals surface area contributed by atoms with Crippen molar-refractivity contribution in [1.29, 1.82) is 0 Å². The Bertz CT molecular complexity index is 334. The summed E-state index contributed by atoms with van der Waals surface area (Å²) in [7, 11) is 0. The molecule has 0 saturated carbocycles. The van der Waals surface area contributed by atoms with Gasteiger partial charge in [0, 0.05) is 11.7 Å². The molecule has 0 amide bonds. The number of hydrogen-bond acceptors (Lipinski definition) is 1. The number of aryl methyl sites for hydroxylation is 1. The summed E-state index contributed by atoms with van der Waals surface area (Å²) in [6.07, 6.45) is 1.04. The number of hydrogen-bond donors (Lipinski definition) is 2. The Hall–Kier alpha value is -1.09. The number of nitrogens with one attached hydrogen (secondary N) is 2. The van der Waals surface area contributed by atoms with Crippen LogP contribution in [-0.4, -0.2) is 11.2 Å². The minimum Gasteiger partial charge on any atom is -0.360 e. The van der Waals surface area contributed by atoms with Gasteiger partial charge in [0.05, 0.1) is 0 Å². The molecular weight excluding hydrogens is 204 g/mol. The molecular formula is C12H18N2S. The van der Waals surface area contributed by atoms with Crippen molar-refractivity contribution in [2.45, 2.75) is 33.2 Å². The highest BCUT2D eigenvalue weighted by atomic mass is 32.1. The molecule has 1 aromatic rings. The van der Waals surface area contributed by atoms with Gasteiger partial charge in [-0.15, -0.1) is 0 Å². The molecule has 0 aliphatic heterocycles. The van der Waals surface area contributed by atoms with Crippen molar-refractivity contribution < 1.29 is 0 Å². The normalized spacial score (nSPS) is 10.1. The summed E-state index contributed by atoms with van der Waals surface area (Å²) in [5.41, 5.74) is 2.36. The summed E-state index contributed by atoms with van der Waals surface area (Å²) >= 11 is 5.17. The van der Waals surface area contributed by atoms with Crippen molar-refractivity contribution in [3.8, 4) is 0 Å². The van der Waals surface area contributed by atoms with E-state index in [1.54, 1.807) is 0 Å². The van der Waals surface area contributed by atoms with E-state index < -0.39 is 0 Å². The smallest absolute Gasteiger partial charge is 0.170 e. The maximum Gasteiger partial charge on any atom is 0.170 e. The van der Waals surface area contributed by atoms with Gasteiger partial charge in [-0.3, -0.25) is 0 Å². The number of thiocarbonyl (C=S) groups is 1. The van der Waals surface area contributed by atoms with Crippen LogP contribution in [0, 0.1) is 0 Å². The predicted molar refractivity (Wildman–Crippen MR) is 70.3 cm³/mol. The van der Waals surface area contributed by atoms with Crippen LogP contribution in [0.1, 0.15) is 26.3 Å². The summed E-state index contributed by atoms with van der Waals surface area (Å²) in [5.74, 6) is 0. The zero-order chi connectivity index (χ0) is 11.3. The van der Waals surface area contributed by atoms with Gasteiger partial charge in [-0.05, 0) is 50.2 Å². The highest BCUT2D eigenvalue weighted by Gasteiger charge is 1.99. The highest BCUT2D eigenvalue weighted by Crippen LogP contribution is 2.10. The Labute approximate surface area is 97.1 Å². The van der Waals surface area contributed by atoms with Gasteiger partial charge in [-0.25, -0.2) is 0 Å². The molecule has 0 aliphatic rings. The van der Waals surface area contributed by atoms with Crippen LogP contribution in [0.25, 0.3) is 0 Å². The van der Waals surface area contributed by atoms with Gasteiger partial charge in [-0.2, -0.15) is 0 Å². The molecule has 1 aromatic carbocycles. The second-order valence-corrected chi connectivity index (χ2v) is 4.22. The van der Waals surface area contributed by atoms with Crippen LogP contribution < -0.4 is 10.6 Å². The number of benzene rings is 1. The van der Waals surface area contributed by atoms with E-state index in [9.17, 15) is 0 Å². The molecule has 82 valence electrons. The zero-order valence-electron chi connectivity index (χ0n) is 9.50. The van der Waals surface area contributed by atoms with E-state index in [0.29, 0.717) is 11.2 Å². The van der Waals surface area contributed by atoms with Gasteiger partial charge < -0.3 is 10.6 Å². The fraction of sp³-hybridized carbons (Fsp3) is 0.417. The summed E-state index contributed by atoms with van der Waals surface area (Å²) in [6, 6.07) is 8.66. The lowest BCUT2D eigenvalue weighted by molar-refractivity contribution is 0.739. The lowest BCUT2D eigenvalue weighted by Gasteiger charge is -2.13. The average molecular weight is 222 g/mol. The van der Waals surface area contributed by atoms with Crippen LogP contribution in [0.2, 0.25) is 0 Å². The summed E-state index contributed by atoms with van der Waals surface area (Å²) in [5, 5.41) is 7.00. The largest absolute Gasteiger partial charge is 0.360 e. The van der Waals surface area contributed by atoms with Crippen molar-refractivity contribution in [3.63, 3.8) is 0 Å². The first kappa shape index (κ1) is 12.0. The van der Waals surface area contributed by atoms with Gasteiger partial charge >= 0.3 is 0 Å². The van der Waals surface area contributed by atoms with Crippen LogP contribution in [-0.2, 0) is 6.42 Å². The highest BCUT2D eigenvalue weighted by molar-refractivity contribution is 7.80. The predicted octanol–water partition coefficient (Wildman–Crippen LogP) is 2.94. The van der Waals surface area contributed by atoms with Crippen LogP contribution in [0.3, 0.4) is 0 Å². The van der Waals surface area contributed by atoms with Crippen LogP contribution in [0.5, 0.6) is 0 Å². The van der Waals surface area contributed by atoms with Crippen LogP contribution in [0.15, 0.2) is 24.3 Å². The Morgan fingerprint density at radius 2 is 2.13 bits per heavy atom. The molecule has 0 aromatic heterocycles. The standard InChI is InChI=1S/C12H18N2S/c1-4-10-6-5-7-11(8-10)14-12(15)13-9(2)3/h5-9H,4H2,1-3H3,(H2,13,14,15). The zero-order valence-corrected chi connectivity index (χ0v) is 10.3. The summed E-state index contributed by atoms with van der Waals surface area (Å²) < 4.78 is 0. The van der Waals surface area contributed by atoms with E-state index in [0.717, 1.165) is 12.1 Å². The fourth-order valence-corrected chi connectivity index (χ4v) is 1.65. The Morgan fingerprint density at radius 3 is 2.73 bits per heavy atom. The van der Waals surface area contributed by atoms with Gasteiger partial charge in [0.2, 0.25) is 0 Å². The quantitative estimate of drug-likeness (QED) is 0.769. The lowest BCUT2D eigenvalue weighted by atomic mass is 10.1. The second kappa shape index (κ2) is 5.71. The molecule has 0 heterocycles. The second-order valence-electron chi connectivity index (χ2n) is 3.81. The number of anilines is 1. The van der Waals surface area contributed by atoms with E-state index in [1.165, 1.54) is 5.56 Å². The van der Waals surface area contributed by atoms with Crippen molar-refractivity contribution in [2.24, 2.45) is 0 Å². The van der Waals surface area contributed by atoms with Gasteiger partial charge in [0.15, 0.2) is 5.11 Å². The maximum absolute atomic E-state index is 5.17. The molecule has 15 heavy (non-hydrogen) atoms. The van der Waals surface area contributed by atoms with Crippen molar-refractivity contribution in [2.75, 3.05) is 5.32 Å². The number of rotatable bonds is 3. The van der Waals surface area contributed by atoms with Crippen molar-refractivity contribution >= 4 is 23.0 Å².